The lowest BCUT2D eigenvalue weighted by atomic mass is 9.69. The molecule has 0 radical (unpaired) electrons. The highest BCUT2D eigenvalue weighted by Gasteiger charge is 2.46. The van der Waals surface area contributed by atoms with E-state index in [-0.39, 0.29) is 35.8 Å². The van der Waals surface area contributed by atoms with Crippen LogP contribution in [0.15, 0.2) is 79.0 Å². The molecule has 3 amide bonds. The zero-order valence-electron chi connectivity index (χ0n) is 33.9. The number of nitrogens with zero attached hydrogens (tertiary/aromatic N) is 5. The van der Waals surface area contributed by atoms with E-state index in [2.05, 4.69) is 74.7 Å². The fraction of sp³-hybridized carbons (Fsp3) is 0.458. The van der Waals surface area contributed by atoms with Gasteiger partial charge in [0.2, 0.25) is 11.8 Å². The summed E-state index contributed by atoms with van der Waals surface area (Å²) in [6, 6.07) is 24.7. The van der Waals surface area contributed by atoms with Crippen LogP contribution in [-0.2, 0) is 27.3 Å². The number of piperazine rings is 1. The van der Waals surface area contributed by atoms with E-state index in [9.17, 15) is 19.5 Å². The Balaban J connectivity index is 0.700. The molecular formula is C48H52N6O6. The molecular weight excluding hydrogens is 757 g/mol. The van der Waals surface area contributed by atoms with Crippen molar-refractivity contribution in [2.45, 2.75) is 81.0 Å². The van der Waals surface area contributed by atoms with Crippen LogP contribution in [0.2, 0.25) is 0 Å². The SMILES string of the molecule is O=C1CC[C@H](N2Cc3c(ccc4c3OC[C@H]3CN(CC5COC6(CCN(c7ccc([C@H]8c9ccc(O)cc9CC[C@H]8c8ccccc8)cn7)CC6)C5)CCN43)C2=O)C(=O)N1. The number of phenols is 1. The monoisotopic (exact) mass is 808 g/mol. The maximum Gasteiger partial charge on any atom is 0.255 e. The van der Waals surface area contributed by atoms with Gasteiger partial charge < -0.3 is 29.3 Å². The van der Waals surface area contributed by atoms with E-state index < -0.39 is 11.9 Å². The van der Waals surface area contributed by atoms with Crippen LogP contribution in [0.25, 0.3) is 0 Å². The molecule has 310 valence electrons. The predicted molar refractivity (Wildman–Crippen MR) is 225 cm³/mol. The Bertz CT molecular complexity index is 2330. The zero-order chi connectivity index (χ0) is 40.5. The van der Waals surface area contributed by atoms with E-state index in [1.54, 1.807) is 4.90 Å². The van der Waals surface area contributed by atoms with Gasteiger partial charge in [-0.1, -0.05) is 42.5 Å². The highest BCUT2D eigenvalue weighted by molar-refractivity contribution is 6.06. The molecule has 1 spiro atoms. The van der Waals surface area contributed by atoms with Gasteiger partial charge in [0, 0.05) is 68.9 Å². The Hall–Kier alpha value is -5.46. The highest BCUT2D eigenvalue weighted by Crippen LogP contribution is 2.48. The van der Waals surface area contributed by atoms with Gasteiger partial charge in [0.15, 0.2) is 0 Å². The molecule has 11 rings (SSSR count). The minimum Gasteiger partial charge on any atom is -0.508 e. The Morgan fingerprint density at radius 3 is 2.55 bits per heavy atom. The number of piperidine rings is 2. The van der Waals surface area contributed by atoms with Gasteiger partial charge in [-0.05, 0) is 103 Å². The molecule has 3 aromatic carbocycles. The van der Waals surface area contributed by atoms with Crippen molar-refractivity contribution in [2.24, 2.45) is 5.92 Å². The molecule has 5 atom stereocenters. The third-order valence-corrected chi connectivity index (χ3v) is 14.7. The first-order valence-corrected chi connectivity index (χ1v) is 21.9. The second kappa shape index (κ2) is 14.9. The van der Waals surface area contributed by atoms with Crippen LogP contribution in [-0.4, -0.2) is 108 Å². The molecule has 0 saturated carbocycles. The summed E-state index contributed by atoms with van der Waals surface area (Å²) in [5.74, 6) is 2.29. The van der Waals surface area contributed by atoms with Crippen molar-refractivity contribution in [3.05, 3.63) is 112 Å². The number of amides is 3. The third kappa shape index (κ3) is 6.59. The third-order valence-electron chi connectivity index (χ3n) is 14.7. The van der Waals surface area contributed by atoms with E-state index in [4.69, 9.17) is 14.5 Å². The average Bonchev–Trinajstić information content (AvgIpc) is 3.82. The molecule has 1 aliphatic carbocycles. The molecule has 60 heavy (non-hydrogen) atoms. The van der Waals surface area contributed by atoms with E-state index >= 15 is 0 Å². The predicted octanol–water partition coefficient (Wildman–Crippen LogP) is 5.37. The lowest BCUT2D eigenvalue weighted by Crippen LogP contribution is -2.58. The first-order valence-electron chi connectivity index (χ1n) is 21.9. The molecule has 1 aromatic heterocycles. The van der Waals surface area contributed by atoms with Crippen molar-refractivity contribution in [3.63, 3.8) is 0 Å². The smallest absolute Gasteiger partial charge is 0.255 e. The molecule has 7 aliphatic rings. The Labute approximate surface area is 350 Å². The van der Waals surface area contributed by atoms with Crippen LogP contribution >= 0.6 is 0 Å². The summed E-state index contributed by atoms with van der Waals surface area (Å²) in [5.41, 5.74) is 7.48. The van der Waals surface area contributed by atoms with Crippen molar-refractivity contribution in [2.75, 3.05) is 62.3 Å². The fourth-order valence-corrected chi connectivity index (χ4v) is 11.7. The molecule has 2 N–H and O–H groups in total. The van der Waals surface area contributed by atoms with Crippen molar-refractivity contribution in [3.8, 4) is 11.5 Å². The minimum atomic E-state index is -0.642. The van der Waals surface area contributed by atoms with Crippen molar-refractivity contribution in [1.82, 2.24) is 20.1 Å². The number of pyridine rings is 1. The number of carbonyl (C=O) groups is 3. The van der Waals surface area contributed by atoms with Crippen LogP contribution in [0.5, 0.6) is 11.5 Å². The molecule has 12 heteroatoms. The van der Waals surface area contributed by atoms with Gasteiger partial charge in [-0.3, -0.25) is 24.6 Å². The Morgan fingerprint density at radius 2 is 1.73 bits per heavy atom. The quantitative estimate of drug-likeness (QED) is 0.246. The van der Waals surface area contributed by atoms with Crippen molar-refractivity contribution >= 4 is 29.2 Å². The number of benzene rings is 3. The van der Waals surface area contributed by atoms with Crippen molar-refractivity contribution < 1.29 is 29.0 Å². The van der Waals surface area contributed by atoms with Crippen LogP contribution in [0.3, 0.4) is 0 Å². The lowest BCUT2D eigenvalue weighted by molar-refractivity contribution is -0.136. The summed E-state index contributed by atoms with van der Waals surface area (Å²) in [4.78, 5) is 51.9. The average molecular weight is 809 g/mol. The number of imide groups is 1. The van der Waals surface area contributed by atoms with Crippen LogP contribution in [0.1, 0.15) is 88.5 Å². The fourth-order valence-electron chi connectivity index (χ4n) is 11.7. The van der Waals surface area contributed by atoms with Crippen LogP contribution in [0, 0.1) is 5.92 Å². The Morgan fingerprint density at radius 1 is 0.867 bits per heavy atom. The standard InChI is InChI=1S/C48H52N6O6/c55-35-8-10-37-32(22-35)6-9-36(31-4-2-1-3-5-31)44(37)33-7-14-42(49-24-33)52-18-16-48(17-19-52)23-30(28-60-48)25-51-20-21-53-34(26-51)29-59-45-39-27-54(41-13-15-43(56)50-46(41)57)47(58)38(39)11-12-40(45)53/h1-5,7-8,10-12,14,22,24,30,34,36,41,44,55H,6,9,13,15-21,23,25-29H2,(H,50,56,57)/t30?,34-,36+,41+,44-/m1/s1. The summed E-state index contributed by atoms with van der Waals surface area (Å²) in [5, 5.41) is 12.6. The van der Waals surface area contributed by atoms with Crippen LogP contribution < -0.4 is 19.9 Å². The van der Waals surface area contributed by atoms with Gasteiger partial charge in [-0.2, -0.15) is 0 Å². The number of aryl methyl sites for hydroxylation is 1. The number of ether oxygens (including phenoxy) is 2. The minimum absolute atomic E-state index is 0.0738. The van der Waals surface area contributed by atoms with Gasteiger partial charge in [-0.15, -0.1) is 0 Å². The largest absolute Gasteiger partial charge is 0.508 e. The maximum atomic E-state index is 13.4. The number of aromatic nitrogens is 1. The number of hydrogen-bond acceptors (Lipinski definition) is 10. The molecule has 4 fully saturated rings. The first-order chi connectivity index (χ1) is 29.3. The van der Waals surface area contributed by atoms with Crippen molar-refractivity contribution in [1.29, 1.82) is 0 Å². The summed E-state index contributed by atoms with van der Waals surface area (Å²) in [6.07, 6.45) is 7.73. The normalized spacial score (nSPS) is 27.2. The molecule has 6 aliphatic heterocycles. The van der Waals surface area contributed by atoms with Gasteiger partial charge in [0.25, 0.3) is 5.91 Å². The summed E-state index contributed by atoms with van der Waals surface area (Å²) < 4.78 is 13.1. The molecule has 12 nitrogen and oxygen atoms in total. The van der Waals surface area contributed by atoms with Gasteiger partial charge >= 0.3 is 0 Å². The molecule has 4 aromatic rings. The summed E-state index contributed by atoms with van der Waals surface area (Å²) in [6.45, 7) is 7.28. The van der Waals surface area contributed by atoms with Gasteiger partial charge in [0.1, 0.15) is 30.0 Å². The molecule has 4 saturated heterocycles. The number of carbonyl (C=O) groups excluding carboxylic acids is 3. The number of hydrogen-bond donors (Lipinski definition) is 2. The van der Waals surface area contributed by atoms with Crippen LogP contribution in [0.4, 0.5) is 11.5 Å². The number of phenolic OH excluding ortho intramolecular Hbond substituents is 1. The number of aromatic hydroxyl groups is 1. The lowest BCUT2D eigenvalue weighted by Gasteiger charge is -2.46. The molecule has 0 bridgehead atoms. The van der Waals surface area contributed by atoms with E-state index in [0.717, 1.165) is 101 Å². The summed E-state index contributed by atoms with van der Waals surface area (Å²) >= 11 is 0. The van der Waals surface area contributed by atoms with Gasteiger partial charge in [0.05, 0.1) is 30.5 Å². The number of nitrogens with one attached hydrogen (secondary N) is 1. The number of fused-ring (bicyclic) bond motifs is 6. The highest BCUT2D eigenvalue weighted by atomic mass is 16.5. The van der Waals surface area contributed by atoms with Gasteiger partial charge in [-0.25, -0.2) is 4.98 Å². The maximum absolute atomic E-state index is 13.4. The topological polar surface area (TPSA) is 128 Å². The second-order valence-electron chi connectivity index (χ2n) is 18.2. The summed E-state index contributed by atoms with van der Waals surface area (Å²) in [7, 11) is 0. The van der Waals surface area contributed by atoms with E-state index in [1.807, 2.05) is 24.3 Å². The van der Waals surface area contributed by atoms with E-state index in [1.165, 1.54) is 22.3 Å². The molecule has 1 unspecified atom stereocenters. The van der Waals surface area contributed by atoms with E-state index in [0.29, 0.717) is 42.7 Å². The Kier molecular flexibility index (Phi) is 9.33. The molecule has 7 heterocycles. The number of anilines is 2. The first kappa shape index (κ1) is 37.5. The zero-order valence-corrected chi connectivity index (χ0v) is 33.9. The second-order valence-corrected chi connectivity index (χ2v) is 18.2. The number of rotatable bonds is 6.